The molecule has 0 radical (unpaired) electrons. The van der Waals surface area contributed by atoms with Gasteiger partial charge in [0.2, 0.25) is 5.91 Å². The molecule has 0 unspecified atom stereocenters. The molecule has 0 bridgehead atoms. The van der Waals surface area contributed by atoms with Crippen LogP contribution in [0.1, 0.15) is 35.6 Å². The van der Waals surface area contributed by atoms with E-state index in [0.29, 0.717) is 12.4 Å². The lowest BCUT2D eigenvalue weighted by Gasteiger charge is -2.44. The number of nitrogens with one attached hydrogen (secondary N) is 1. The third-order valence-corrected chi connectivity index (χ3v) is 7.51. The minimum atomic E-state index is -0.108. The van der Waals surface area contributed by atoms with Crippen molar-refractivity contribution in [3.8, 4) is 5.75 Å². The minimum Gasteiger partial charge on any atom is -0.491 e. The minimum absolute atomic E-state index is 0.0188. The molecule has 2 aliphatic rings. The lowest BCUT2D eigenvalue weighted by molar-refractivity contribution is -0.121. The molecular formula is C26H34N2O4S. The Morgan fingerprint density at radius 1 is 1.18 bits per heavy atom. The highest BCUT2D eigenvalue weighted by Crippen LogP contribution is 2.52. The van der Waals surface area contributed by atoms with E-state index in [0.717, 1.165) is 38.2 Å². The van der Waals surface area contributed by atoms with E-state index in [-0.39, 0.29) is 30.1 Å². The van der Waals surface area contributed by atoms with Crippen molar-refractivity contribution in [3.63, 3.8) is 0 Å². The van der Waals surface area contributed by atoms with Crippen molar-refractivity contribution in [2.24, 2.45) is 0 Å². The Morgan fingerprint density at radius 2 is 1.91 bits per heavy atom. The predicted molar refractivity (Wildman–Crippen MR) is 132 cm³/mol. The number of ether oxygens (including phenoxy) is 2. The largest absolute Gasteiger partial charge is 0.491 e. The normalized spacial score (nSPS) is 21.7. The fourth-order valence-corrected chi connectivity index (χ4v) is 5.84. The summed E-state index contributed by atoms with van der Waals surface area (Å²) in [4.78, 5) is 15.0. The summed E-state index contributed by atoms with van der Waals surface area (Å²) in [6, 6.07) is 16.5. The van der Waals surface area contributed by atoms with E-state index in [1.807, 2.05) is 18.4 Å². The number of rotatable bonds is 9. The summed E-state index contributed by atoms with van der Waals surface area (Å²) >= 11 is 1.54. The fraction of sp³-hybridized carbons (Fsp3) is 0.500. The summed E-state index contributed by atoms with van der Waals surface area (Å²) in [5.41, 5.74) is 3.70. The average molecular weight is 471 g/mol. The number of hydrogen-bond donors (Lipinski definition) is 2. The Hall–Kier alpha value is -2.06. The third-order valence-electron chi connectivity index (χ3n) is 6.96. The Balaban J connectivity index is 1.46. The lowest BCUT2D eigenvalue weighted by atomic mass is 9.72. The van der Waals surface area contributed by atoms with Crippen LogP contribution >= 0.6 is 11.8 Å². The molecular weight excluding hydrogens is 436 g/mol. The first-order valence-electron chi connectivity index (χ1n) is 11.6. The molecule has 0 saturated carbocycles. The lowest BCUT2D eigenvalue weighted by Crippen LogP contribution is -2.50. The molecule has 33 heavy (non-hydrogen) atoms. The van der Waals surface area contributed by atoms with Crippen molar-refractivity contribution in [1.82, 2.24) is 10.2 Å². The number of methoxy groups -OCH3 is 1. The van der Waals surface area contributed by atoms with Crippen LogP contribution in [0.25, 0.3) is 0 Å². The van der Waals surface area contributed by atoms with E-state index in [9.17, 15) is 4.79 Å². The van der Waals surface area contributed by atoms with Crippen LogP contribution < -0.4 is 10.1 Å². The van der Waals surface area contributed by atoms with Crippen LogP contribution in [-0.4, -0.2) is 67.4 Å². The molecule has 0 aromatic heterocycles. The Bertz CT molecular complexity index is 928. The molecule has 2 aromatic carbocycles. The summed E-state index contributed by atoms with van der Waals surface area (Å²) in [5, 5.41) is 12.2. The molecule has 178 valence electrons. The molecule has 1 heterocycles. The molecule has 1 saturated heterocycles. The smallest absolute Gasteiger partial charge is 0.230 e. The monoisotopic (exact) mass is 470 g/mol. The van der Waals surface area contributed by atoms with Gasteiger partial charge in [0, 0.05) is 19.1 Å². The van der Waals surface area contributed by atoms with E-state index < -0.39 is 0 Å². The maximum atomic E-state index is 12.5. The number of nitrogens with zero attached hydrogens (tertiary/aromatic N) is 1. The number of carbonyl (C=O) groups excluding carboxylic acids is 1. The van der Waals surface area contributed by atoms with Crippen LogP contribution in [0.5, 0.6) is 5.75 Å². The zero-order valence-corrected chi connectivity index (χ0v) is 20.3. The number of amides is 1. The van der Waals surface area contributed by atoms with Crippen LogP contribution in [0.15, 0.2) is 48.5 Å². The number of benzene rings is 2. The molecule has 1 spiro atoms. The van der Waals surface area contributed by atoms with E-state index >= 15 is 0 Å². The highest BCUT2D eigenvalue weighted by atomic mass is 32.2. The molecule has 2 aromatic rings. The summed E-state index contributed by atoms with van der Waals surface area (Å²) < 4.78 is 11.6. The van der Waals surface area contributed by atoms with Gasteiger partial charge >= 0.3 is 0 Å². The van der Waals surface area contributed by atoms with Gasteiger partial charge < -0.3 is 19.9 Å². The summed E-state index contributed by atoms with van der Waals surface area (Å²) in [6.45, 7) is 3.17. The van der Waals surface area contributed by atoms with Crippen LogP contribution in [0.3, 0.4) is 0 Å². The van der Waals surface area contributed by atoms with Crippen molar-refractivity contribution in [2.75, 3.05) is 45.4 Å². The van der Waals surface area contributed by atoms with E-state index in [1.165, 1.54) is 28.5 Å². The SMILES string of the molecule is CO[C@H]1[C@H](NC(=O)CSC)c2ccccc2C12CCN(Cc1ccc(OCCO)cc1)CC2. The number of aliphatic hydroxyl groups is 1. The molecule has 6 nitrogen and oxygen atoms in total. The molecule has 1 aliphatic heterocycles. The third kappa shape index (κ3) is 5.06. The summed E-state index contributed by atoms with van der Waals surface area (Å²) in [7, 11) is 1.78. The van der Waals surface area contributed by atoms with Crippen molar-refractivity contribution in [2.45, 2.75) is 36.9 Å². The van der Waals surface area contributed by atoms with Gasteiger partial charge in [0.05, 0.1) is 24.5 Å². The predicted octanol–water partition coefficient (Wildman–Crippen LogP) is 3.14. The van der Waals surface area contributed by atoms with Gasteiger partial charge in [0.15, 0.2) is 0 Å². The van der Waals surface area contributed by atoms with Gasteiger partial charge in [-0.05, 0) is 61.0 Å². The number of likely N-dealkylation sites (tertiary alicyclic amines) is 1. The van der Waals surface area contributed by atoms with Gasteiger partial charge in [-0.2, -0.15) is 11.8 Å². The summed E-state index contributed by atoms with van der Waals surface area (Å²) in [6.07, 6.45) is 3.87. The first-order valence-corrected chi connectivity index (χ1v) is 13.0. The molecule has 1 amide bonds. The number of carbonyl (C=O) groups is 1. The second kappa shape index (κ2) is 10.9. The van der Waals surface area contributed by atoms with Gasteiger partial charge in [-0.1, -0.05) is 36.4 Å². The second-order valence-corrected chi connectivity index (χ2v) is 9.74. The first kappa shape index (κ1) is 24.1. The molecule has 1 fully saturated rings. The maximum Gasteiger partial charge on any atom is 0.230 e. The Labute approximate surface area is 200 Å². The van der Waals surface area contributed by atoms with Gasteiger partial charge in [0.25, 0.3) is 0 Å². The quantitative estimate of drug-likeness (QED) is 0.587. The Kier molecular flexibility index (Phi) is 7.96. The van der Waals surface area contributed by atoms with Crippen LogP contribution in [0, 0.1) is 0 Å². The van der Waals surface area contributed by atoms with Crippen LogP contribution in [-0.2, 0) is 21.5 Å². The van der Waals surface area contributed by atoms with Crippen molar-refractivity contribution < 1.29 is 19.4 Å². The topological polar surface area (TPSA) is 71.0 Å². The van der Waals surface area contributed by atoms with Crippen molar-refractivity contribution >= 4 is 17.7 Å². The molecule has 4 rings (SSSR count). The van der Waals surface area contributed by atoms with Gasteiger partial charge in [-0.25, -0.2) is 0 Å². The summed E-state index contributed by atoms with van der Waals surface area (Å²) in [5.74, 6) is 1.30. The van der Waals surface area contributed by atoms with Gasteiger partial charge in [-0.3, -0.25) is 9.69 Å². The standard InChI is InChI=1S/C26H34N2O4S/c1-31-25-24(27-23(30)18-33-2)21-5-3-4-6-22(21)26(25)11-13-28(14-12-26)17-19-7-9-20(10-8-19)32-16-15-29/h3-10,24-25,29H,11-18H2,1-2H3,(H,27,30)/t24-,25+/m1/s1. The molecule has 7 heteroatoms. The Morgan fingerprint density at radius 3 is 2.58 bits per heavy atom. The number of fused-ring (bicyclic) bond motifs is 2. The van der Waals surface area contributed by atoms with Gasteiger partial charge in [-0.15, -0.1) is 0 Å². The second-order valence-electron chi connectivity index (χ2n) is 8.87. The highest BCUT2D eigenvalue weighted by molar-refractivity contribution is 7.99. The first-order chi connectivity index (χ1) is 16.1. The molecule has 2 N–H and O–H groups in total. The zero-order chi connectivity index (χ0) is 23.3. The number of aliphatic hydroxyl groups excluding tert-OH is 1. The van der Waals surface area contributed by atoms with Crippen molar-refractivity contribution in [1.29, 1.82) is 0 Å². The fourth-order valence-electron chi connectivity index (χ4n) is 5.50. The molecule has 1 aliphatic carbocycles. The maximum absolute atomic E-state index is 12.5. The van der Waals surface area contributed by atoms with Crippen molar-refractivity contribution in [3.05, 3.63) is 65.2 Å². The number of thioether (sulfide) groups is 1. The number of hydrogen-bond acceptors (Lipinski definition) is 6. The van der Waals surface area contributed by atoms with E-state index in [4.69, 9.17) is 14.6 Å². The van der Waals surface area contributed by atoms with E-state index in [2.05, 4.69) is 46.6 Å². The van der Waals surface area contributed by atoms with Crippen LogP contribution in [0.2, 0.25) is 0 Å². The van der Waals surface area contributed by atoms with Crippen LogP contribution in [0.4, 0.5) is 0 Å². The molecule has 2 atom stereocenters. The van der Waals surface area contributed by atoms with E-state index in [1.54, 1.807) is 7.11 Å². The number of piperidine rings is 1. The average Bonchev–Trinajstić information content (AvgIpc) is 3.09. The zero-order valence-electron chi connectivity index (χ0n) is 19.5. The van der Waals surface area contributed by atoms with Gasteiger partial charge in [0.1, 0.15) is 12.4 Å². The highest BCUT2D eigenvalue weighted by Gasteiger charge is 2.53.